The first kappa shape index (κ1) is 18.0. The van der Waals surface area contributed by atoms with Crippen LogP contribution in [0.2, 0.25) is 0 Å². The number of aliphatic imine (C=N–C) groups is 1. The van der Waals surface area contributed by atoms with Crippen molar-refractivity contribution in [2.45, 2.75) is 11.7 Å². The fourth-order valence-corrected chi connectivity index (χ4v) is 3.81. The number of thiophene rings is 1. The maximum atomic E-state index is 12.2. The summed E-state index contributed by atoms with van der Waals surface area (Å²) in [4.78, 5) is 47.9. The molecular weight excluding hydrogens is 378 g/mol. The number of amidine groups is 1. The lowest BCUT2D eigenvalue weighted by Gasteiger charge is -2.07. The SMILES string of the molecule is COC(=O)c1ccsc1NC(=O)CC1S/C(=N\c2ncccn2)NC1=O. The van der Waals surface area contributed by atoms with Gasteiger partial charge in [0.05, 0.1) is 12.7 Å². The number of carbonyl (C=O) groups is 3. The Morgan fingerprint density at radius 3 is 2.88 bits per heavy atom. The molecule has 11 heteroatoms. The zero-order chi connectivity index (χ0) is 18.5. The number of esters is 1. The van der Waals surface area contributed by atoms with Crippen LogP contribution >= 0.6 is 23.1 Å². The number of hydrogen-bond acceptors (Lipinski definition) is 9. The second-order valence-corrected chi connectivity index (χ2v) is 7.08. The first-order valence-electron chi connectivity index (χ1n) is 7.35. The predicted octanol–water partition coefficient (Wildman–Crippen LogP) is 1.57. The molecule has 2 amide bonds. The van der Waals surface area contributed by atoms with Gasteiger partial charge in [-0.25, -0.2) is 14.8 Å². The molecule has 0 bridgehead atoms. The van der Waals surface area contributed by atoms with Crippen LogP contribution in [-0.4, -0.2) is 45.3 Å². The fraction of sp³-hybridized carbons (Fsp3) is 0.200. The Kier molecular flexibility index (Phi) is 5.58. The zero-order valence-corrected chi connectivity index (χ0v) is 15.1. The number of aromatic nitrogens is 2. The zero-order valence-electron chi connectivity index (χ0n) is 13.5. The number of rotatable bonds is 5. The standard InChI is InChI=1S/C15H13N5O4S2/c1-24-13(23)8-3-6-25-12(8)18-10(21)7-9-11(22)19-15(26-9)20-14-16-4-2-5-17-14/h2-6,9H,7H2,1H3,(H,18,21)(H,16,17,19,20,22). The Morgan fingerprint density at radius 1 is 1.38 bits per heavy atom. The van der Waals surface area contributed by atoms with Gasteiger partial charge in [0.15, 0.2) is 5.17 Å². The average Bonchev–Trinajstić information content (AvgIpc) is 3.22. The molecule has 26 heavy (non-hydrogen) atoms. The Bertz CT molecular complexity index is 868. The Labute approximate surface area is 156 Å². The van der Waals surface area contributed by atoms with E-state index in [4.69, 9.17) is 0 Å². The largest absolute Gasteiger partial charge is 0.465 e. The number of thioether (sulfide) groups is 1. The van der Waals surface area contributed by atoms with Crippen molar-refractivity contribution in [3.05, 3.63) is 35.5 Å². The number of nitrogens with zero attached hydrogens (tertiary/aromatic N) is 3. The number of anilines is 1. The summed E-state index contributed by atoms with van der Waals surface area (Å²) in [6.45, 7) is 0. The van der Waals surface area contributed by atoms with E-state index in [-0.39, 0.29) is 29.7 Å². The molecule has 0 radical (unpaired) electrons. The molecule has 9 nitrogen and oxygen atoms in total. The van der Waals surface area contributed by atoms with E-state index in [1.165, 1.54) is 18.4 Å². The molecule has 2 aromatic heterocycles. The molecule has 1 fully saturated rings. The van der Waals surface area contributed by atoms with Crippen molar-refractivity contribution in [1.29, 1.82) is 0 Å². The predicted molar refractivity (Wildman–Crippen MR) is 97.6 cm³/mol. The van der Waals surface area contributed by atoms with Gasteiger partial charge in [-0.05, 0) is 17.5 Å². The highest BCUT2D eigenvalue weighted by Crippen LogP contribution is 2.27. The molecule has 134 valence electrons. The topological polar surface area (TPSA) is 123 Å². The molecule has 3 heterocycles. The Morgan fingerprint density at radius 2 is 2.15 bits per heavy atom. The summed E-state index contributed by atoms with van der Waals surface area (Å²) < 4.78 is 4.66. The first-order chi connectivity index (χ1) is 12.6. The molecule has 2 N–H and O–H groups in total. The van der Waals surface area contributed by atoms with Gasteiger partial charge in [-0.2, -0.15) is 4.99 Å². The van der Waals surface area contributed by atoms with Gasteiger partial charge in [0, 0.05) is 18.8 Å². The maximum Gasteiger partial charge on any atom is 0.340 e. The number of methoxy groups -OCH3 is 1. The number of amides is 2. The van der Waals surface area contributed by atoms with Crippen LogP contribution in [0.3, 0.4) is 0 Å². The minimum atomic E-state index is -0.626. The molecule has 0 saturated carbocycles. The summed E-state index contributed by atoms with van der Waals surface area (Å²) in [6, 6.07) is 3.22. The van der Waals surface area contributed by atoms with Gasteiger partial charge in [0.1, 0.15) is 10.3 Å². The van der Waals surface area contributed by atoms with Crippen LogP contribution in [0.1, 0.15) is 16.8 Å². The molecule has 3 rings (SSSR count). The Balaban J connectivity index is 1.62. The van der Waals surface area contributed by atoms with E-state index in [1.807, 2.05) is 0 Å². The van der Waals surface area contributed by atoms with Gasteiger partial charge in [-0.15, -0.1) is 11.3 Å². The molecule has 1 aliphatic rings. The van der Waals surface area contributed by atoms with Gasteiger partial charge in [-0.1, -0.05) is 11.8 Å². The molecule has 0 spiro atoms. The summed E-state index contributed by atoms with van der Waals surface area (Å²) in [5.41, 5.74) is 0.276. The summed E-state index contributed by atoms with van der Waals surface area (Å²) in [5.74, 6) is -1.02. The lowest BCUT2D eigenvalue weighted by atomic mass is 10.2. The van der Waals surface area contributed by atoms with E-state index in [2.05, 4.69) is 30.3 Å². The lowest BCUT2D eigenvalue weighted by molar-refractivity contribution is -0.122. The van der Waals surface area contributed by atoms with Crippen molar-refractivity contribution in [1.82, 2.24) is 15.3 Å². The quantitative estimate of drug-likeness (QED) is 0.742. The second-order valence-electron chi connectivity index (χ2n) is 4.97. The van der Waals surface area contributed by atoms with E-state index in [0.717, 1.165) is 11.8 Å². The first-order valence-corrected chi connectivity index (χ1v) is 9.11. The van der Waals surface area contributed by atoms with Gasteiger partial charge < -0.3 is 15.4 Å². The Hall–Kier alpha value is -2.79. The van der Waals surface area contributed by atoms with Crippen LogP contribution in [0.15, 0.2) is 34.9 Å². The summed E-state index contributed by atoms with van der Waals surface area (Å²) >= 11 is 2.33. The van der Waals surface area contributed by atoms with Gasteiger partial charge in [0.25, 0.3) is 5.95 Å². The number of ether oxygens (including phenoxy) is 1. The van der Waals surface area contributed by atoms with Crippen LogP contribution in [0.25, 0.3) is 0 Å². The van der Waals surface area contributed by atoms with E-state index in [1.54, 1.807) is 29.9 Å². The highest BCUT2D eigenvalue weighted by atomic mass is 32.2. The third-order valence-electron chi connectivity index (χ3n) is 3.22. The molecule has 1 aliphatic heterocycles. The molecule has 1 atom stereocenters. The third-order valence-corrected chi connectivity index (χ3v) is 5.14. The number of carbonyl (C=O) groups excluding carboxylic acids is 3. The van der Waals surface area contributed by atoms with E-state index in [0.29, 0.717) is 10.2 Å². The van der Waals surface area contributed by atoms with E-state index < -0.39 is 11.2 Å². The van der Waals surface area contributed by atoms with Crippen LogP contribution < -0.4 is 10.6 Å². The number of hydrogen-bond donors (Lipinski definition) is 2. The van der Waals surface area contributed by atoms with E-state index in [9.17, 15) is 14.4 Å². The van der Waals surface area contributed by atoms with Crippen molar-refractivity contribution in [3.8, 4) is 0 Å². The van der Waals surface area contributed by atoms with Crippen molar-refractivity contribution >= 4 is 57.0 Å². The van der Waals surface area contributed by atoms with E-state index >= 15 is 0 Å². The summed E-state index contributed by atoms with van der Waals surface area (Å²) in [5, 5.41) is 7.01. The smallest absolute Gasteiger partial charge is 0.340 e. The lowest BCUT2D eigenvalue weighted by Crippen LogP contribution is -2.28. The summed E-state index contributed by atoms with van der Waals surface area (Å²) in [6.07, 6.45) is 3.01. The van der Waals surface area contributed by atoms with Crippen LogP contribution in [0.4, 0.5) is 10.9 Å². The second kappa shape index (κ2) is 8.06. The van der Waals surface area contributed by atoms with Crippen molar-refractivity contribution in [2.75, 3.05) is 12.4 Å². The van der Waals surface area contributed by atoms with Crippen LogP contribution in [-0.2, 0) is 14.3 Å². The van der Waals surface area contributed by atoms with Crippen molar-refractivity contribution < 1.29 is 19.1 Å². The highest BCUT2D eigenvalue weighted by molar-refractivity contribution is 8.15. The minimum absolute atomic E-state index is 0.0658. The normalized spacial score (nSPS) is 17.8. The monoisotopic (exact) mass is 391 g/mol. The highest BCUT2D eigenvalue weighted by Gasteiger charge is 2.32. The third kappa shape index (κ3) is 4.24. The fourth-order valence-electron chi connectivity index (χ4n) is 2.05. The molecule has 0 aromatic carbocycles. The van der Waals surface area contributed by atoms with Crippen LogP contribution in [0, 0.1) is 0 Å². The molecule has 1 saturated heterocycles. The average molecular weight is 391 g/mol. The summed E-state index contributed by atoms with van der Waals surface area (Å²) in [7, 11) is 1.27. The molecule has 2 aromatic rings. The maximum absolute atomic E-state index is 12.2. The number of nitrogens with one attached hydrogen (secondary N) is 2. The van der Waals surface area contributed by atoms with Gasteiger partial charge in [-0.3, -0.25) is 9.59 Å². The molecule has 0 aliphatic carbocycles. The van der Waals surface area contributed by atoms with Crippen molar-refractivity contribution in [2.24, 2.45) is 4.99 Å². The minimum Gasteiger partial charge on any atom is -0.465 e. The molecular formula is C15H13N5O4S2. The van der Waals surface area contributed by atoms with Crippen molar-refractivity contribution in [3.63, 3.8) is 0 Å². The van der Waals surface area contributed by atoms with Crippen LogP contribution in [0.5, 0.6) is 0 Å². The van der Waals surface area contributed by atoms with Gasteiger partial charge >= 0.3 is 5.97 Å². The van der Waals surface area contributed by atoms with Gasteiger partial charge in [0.2, 0.25) is 11.8 Å². The molecule has 1 unspecified atom stereocenters.